The van der Waals surface area contributed by atoms with Gasteiger partial charge in [0.05, 0.1) is 12.9 Å². The maximum absolute atomic E-state index is 13.3. The van der Waals surface area contributed by atoms with E-state index in [2.05, 4.69) is 4.98 Å². The highest BCUT2D eigenvalue weighted by Crippen LogP contribution is 2.29. The molecule has 0 saturated carbocycles. The van der Waals surface area contributed by atoms with Crippen molar-refractivity contribution < 1.29 is 23.5 Å². The van der Waals surface area contributed by atoms with E-state index in [9.17, 15) is 14.4 Å². The van der Waals surface area contributed by atoms with E-state index in [1.54, 1.807) is 43.3 Å². The van der Waals surface area contributed by atoms with Gasteiger partial charge in [-0.2, -0.15) is 0 Å². The largest absolute Gasteiger partial charge is 0.465 e. The molecule has 0 saturated heterocycles. The van der Waals surface area contributed by atoms with E-state index >= 15 is 0 Å². The molecule has 2 aromatic carbocycles. The highest BCUT2D eigenvalue weighted by molar-refractivity contribution is 6.12. The van der Waals surface area contributed by atoms with Gasteiger partial charge in [-0.05, 0) is 56.2 Å². The molecule has 9 nitrogen and oxygen atoms in total. The second kappa shape index (κ2) is 10.9. The zero-order valence-electron chi connectivity index (χ0n) is 20.7. The fourth-order valence-electron chi connectivity index (χ4n) is 4.22. The van der Waals surface area contributed by atoms with Crippen molar-refractivity contribution in [2.45, 2.75) is 26.7 Å². The number of anilines is 1. The summed E-state index contributed by atoms with van der Waals surface area (Å²) in [7, 11) is 0. The lowest BCUT2D eigenvalue weighted by Gasteiger charge is -2.21. The molecule has 0 aliphatic heterocycles. The van der Waals surface area contributed by atoms with Crippen LogP contribution in [-0.2, 0) is 16.0 Å². The van der Waals surface area contributed by atoms with E-state index < -0.39 is 11.9 Å². The number of amidine groups is 1. The Morgan fingerprint density at radius 1 is 1.11 bits per heavy atom. The first-order valence-electron chi connectivity index (χ1n) is 11.9. The molecule has 0 bridgehead atoms. The third-order valence-corrected chi connectivity index (χ3v) is 6.04. The molecule has 0 aliphatic carbocycles. The van der Waals surface area contributed by atoms with Crippen LogP contribution < -0.4 is 10.6 Å². The molecule has 0 fully saturated rings. The maximum atomic E-state index is 13.3. The molecule has 9 heteroatoms. The van der Waals surface area contributed by atoms with Crippen LogP contribution in [0.4, 0.5) is 5.69 Å². The summed E-state index contributed by atoms with van der Waals surface area (Å²) >= 11 is 0. The number of nitrogens with zero attached hydrogens (tertiary/aromatic N) is 1. The molecule has 2 aromatic heterocycles. The first kappa shape index (κ1) is 25.4. The van der Waals surface area contributed by atoms with Gasteiger partial charge in [-0.25, -0.2) is 0 Å². The number of Topliss-reactive ketones (excluding diaryl/α,β-unsaturated/α-hetero) is 1. The van der Waals surface area contributed by atoms with Crippen molar-refractivity contribution in [3.8, 4) is 0 Å². The number of aromatic nitrogens is 1. The number of hydrogen-bond donors (Lipinski definition) is 3. The molecule has 37 heavy (non-hydrogen) atoms. The van der Waals surface area contributed by atoms with Gasteiger partial charge in [-0.3, -0.25) is 24.7 Å². The zero-order valence-corrected chi connectivity index (χ0v) is 20.7. The summed E-state index contributed by atoms with van der Waals surface area (Å²) in [4.78, 5) is 43.3. The van der Waals surface area contributed by atoms with Crippen molar-refractivity contribution in [2.75, 3.05) is 18.1 Å². The third-order valence-electron chi connectivity index (χ3n) is 6.04. The molecule has 4 N–H and O–H groups in total. The molecule has 0 atom stereocenters. The number of amides is 1. The summed E-state index contributed by atoms with van der Waals surface area (Å²) in [6.07, 6.45) is 2.18. The fourth-order valence-corrected chi connectivity index (χ4v) is 4.22. The van der Waals surface area contributed by atoms with Crippen LogP contribution in [0.3, 0.4) is 0 Å². The summed E-state index contributed by atoms with van der Waals surface area (Å²) < 4.78 is 10.3. The van der Waals surface area contributed by atoms with Crippen LogP contribution in [0.15, 0.2) is 65.3 Å². The Morgan fingerprint density at radius 3 is 2.51 bits per heavy atom. The number of benzene rings is 2. The molecule has 4 aromatic rings. The maximum Gasteiger partial charge on any atom is 0.326 e. The number of rotatable bonds is 10. The predicted molar refractivity (Wildman–Crippen MR) is 140 cm³/mol. The summed E-state index contributed by atoms with van der Waals surface area (Å²) in [6, 6.07) is 15.6. The lowest BCUT2D eigenvalue weighted by Crippen LogP contribution is -2.36. The normalized spacial score (nSPS) is 10.9. The van der Waals surface area contributed by atoms with Gasteiger partial charge in [-0.1, -0.05) is 24.3 Å². The molecule has 190 valence electrons. The number of hydrogen-bond acceptors (Lipinski definition) is 6. The van der Waals surface area contributed by atoms with Gasteiger partial charge in [0.25, 0.3) is 5.91 Å². The molecule has 0 spiro atoms. The molecule has 4 rings (SSSR count). The number of furan rings is 1. The van der Waals surface area contributed by atoms with Gasteiger partial charge in [-0.15, -0.1) is 0 Å². The van der Waals surface area contributed by atoms with Crippen LogP contribution in [0.5, 0.6) is 0 Å². The number of ketones is 1. The van der Waals surface area contributed by atoms with Gasteiger partial charge < -0.3 is 19.9 Å². The SMILES string of the molecule is CCOC(=O)CN(C(=O)c1ccco1)c1ccc2[nH]c(C)c(C(=O)CCc3ccc(C(=N)N)cc3)c2c1. The first-order valence-corrected chi connectivity index (χ1v) is 11.9. The number of carbonyl (C=O) groups is 3. The number of carbonyl (C=O) groups excluding carboxylic acids is 3. The molecule has 0 unspecified atom stereocenters. The number of aromatic amines is 1. The van der Waals surface area contributed by atoms with Gasteiger partial charge in [0, 0.05) is 39.8 Å². The lowest BCUT2D eigenvalue weighted by atomic mass is 9.99. The van der Waals surface area contributed by atoms with Crippen LogP contribution in [-0.4, -0.2) is 41.6 Å². The van der Waals surface area contributed by atoms with Crippen LogP contribution in [0, 0.1) is 12.3 Å². The topological polar surface area (TPSA) is 142 Å². The van der Waals surface area contributed by atoms with Crippen LogP contribution in [0.2, 0.25) is 0 Å². The zero-order chi connectivity index (χ0) is 26.5. The van der Waals surface area contributed by atoms with Crippen molar-refractivity contribution in [1.82, 2.24) is 4.98 Å². The Hall–Kier alpha value is -4.66. The number of nitrogens with one attached hydrogen (secondary N) is 2. The number of ether oxygens (including phenoxy) is 1. The smallest absolute Gasteiger partial charge is 0.326 e. The minimum atomic E-state index is -0.556. The Balaban J connectivity index is 1.63. The van der Waals surface area contributed by atoms with Gasteiger partial charge >= 0.3 is 5.97 Å². The van der Waals surface area contributed by atoms with E-state index in [0.29, 0.717) is 28.6 Å². The molecular weight excluding hydrogens is 472 g/mol. The van der Waals surface area contributed by atoms with Crippen LogP contribution >= 0.6 is 0 Å². The summed E-state index contributed by atoms with van der Waals surface area (Å²) in [5.41, 5.74) is 9.55. The average molecular weight is 501 g/mol. The van der Waals surface area contributed by atoms with E-state index in [1.165, 1.54) is 17.2 Å². The highest BCUT2D eigenvalue weighted by Gasteiger charge is 2.25. The molecule has 2 heterocycles. The highest BCUT2D eigenvalue weighted by atomic mass is 16.5. The lowest BCUT2D eigenvalue weighted by molar-refractivity contribution is -0.141. The summed E-state index contributed by atoms with van der Waals surface area (Å²) in [6.45, 7) is 3.41. The third kappa shape index (κ3) is 5.61. The molecule has 0 aliphatic rings. The van der Waals surface area contributed by atoms with Crippen LogP contribution in [0.25, 0.3) is 10.9 Å². The Bertz CT molecular complexity index is 1450. The number of esters is 1. The Morgan fingerprint density at radius 2 is 1.86 bits per heavy atom. The van der Waals surface area contributed by atoms with E-state index in [1.807, 2.05) is 19.1 Å². The van der Waals surface area contributed by atoms with Gasteiger partial charge in [0.1, 0.15) is 12.4 Å². The second-order valence-corrected chi connectivity index (χ2v) is 8.56. The van der Waals surface area contributed by atoms with Crippen molar-refractivity contribution in [3.05, 3.63) is 89.0 Å². The molecular formula is C28H28N4O5. The van der Waals surface area contributed by atoms with Crippen molar-refractivity contribution in [2.24, 2.45) is 5.73 Å². The minimum absolute atomic E-state index is 0.00428. The van der Waals surface area contributed by atoms with E-state index in [0.717, 1.165) is 16.8 Å². The molecule has 1 amide bonds. The van der Waals surface area contributed by atoms with Crippen LogP contribution in [0.1, 0.15) is 51.1 Å². The van der Waals surface area contributed by atoms with E-state index in [4.69, 9.17) is 20.3 Å². The fraction of sp³-hybridized carbons (Fsp3) is 0.214. The number of nitrogens with two attached hydrogens (primary N) is 1. The standard InChI is InChI=1S/C28H28N4O5/c1-3-36-25(34)16-32(28(35)24-5-4-14-37-24)20-11-12-22-21(15-20)26(17(2)31-22)23(33)13-8-18-6-9-19(10-7-18)27(29)30/h4-7,9-12,14-15,31H,3,8,13,16H2,1-2H3,(H3,29,30). The van der Waals surface area contributed by atoms with E-state index in [-0.39, 0.29) is 37.0 Å². The Kier molecular flexibility index (Phi) is 7.52. The van der Waals surface area contributed by atoms with Gasteiger partial charge in [0.2, 0.25) is 0 Å². The predicted octanol–water partition coefficient (Wildman–Crippen LogP) is 4.38. The van der Waals surface area contributed by atoms with Crippen molar-refractivity contribution in [3.63, 3.8) is 0 Å². The quantitative estimate of drug-likeness (QED) is 0.128. The number of fused-ring (bicyclic) bond motifs is 1. The molecule has 0 radical (unpaired) electrons. The summed E-state index contributed by atoms with van der Waals surface area (Å²) in [5, 5.41) is 8.17. The first-order chi connectivity index (χ1) is 17.8. The van der Waals surface area contributed by atoms with Gasteiger partial charge in [0.15, 0.2) is 11.5 Å². The minimum Gasteiger partial charge on any atom is -0.465 e. The number of H-pyrrole nitrogens is 1. The number of aryl methyl sites for hydroxylation is 2. The average Bonchev–Trinajstić information content (AvgIpc) is 3.53. The van der Waals surface area contributed by atoms with Crippen molar-refractivity contribution >= 4 is 40.1 Å². The van der Waals surface area contributed by atoms with Crippen molar-refractivity contribution in [1.29, 1.82) is 5.41 Å². The second-order valence-electron chi connectivity index (χ2n) is 8.56. The Labute approximate surface area is 213 Å². The number of nitrogen functional groups attached to an aromatic ring is 1. The summed E-state index contributed by atoms with van der Waals surface area (Å²) in [5.74, 6) is -1.02. The monoisotopic (exact) mass is 500 g/mol.